The lowest BCUT2D eigenvalue weighted by Crippen LogP contribution is -2.18. The Morgan fingerprint density at radius 3 is 2.74 bits per heavy atom. The molecule has 38 heavy (non-hydrogen) atoms. The number of nitrogens with one attached hydrogen (secondary N) is 3. The van der Waals surface area contributed by atoms with E-state index in [2.05, 4.69) is 58.4 Å². The van der Waals surface area contributed by atoms with E-state index >= 15 is 0 Å². The van der Waals surface area contributed by atoms with E-state index in [9.17, 15) is 9.18 Å². The number of likely N-dealkylation sites (N-methyl/N-ethyl adjacent to an activating group) is 1. The van der Waals surface area contributed by atoms with E-state index in [0.29, 0.717) is 27.8 Å². The molecule has 0 saturated carbocycles. The third-order valence-electron chi connectivity index (χ3n) is 5.36. The molecular weight excluding hydrogens is 575 g/mol. The number of carbonyl (C=O) groups excluding carboxylic acids is 1. The monoisotopic (exact) mass is 598 g/mol. The zero-order valence-corrected chi connectivity index (χ0v) is 23.0. The summed E-state index contributed by atoms with van der Waals surface area (Å²) in [5, 5.41) is 13.7. The molecule has 0 aliphatic carbocycles. The van der Waals surface area contributed by atoms with Crippen molar-refractivity contribution in [3.05, 3.63) is 83.0 Å². The highest BCUT2D eigenvalue weighted by molar-refractivity contribution is 9.10. The highest BCUT2D eigenvalue weighted by Crippen LogP contribution is 2.34. The quantitative estimate of drug-likeness (QED) is 0.190. The van der Waals surface area contributed by atoms with Crippen molar-refractivity contribution >= 4 is 62.3 Å². The van der Waals surface area contributed by atoms with Crippen molar-refractivity contribution in [3.63, 3.8) is 0 Å². The van der Waals surface area contributed by atoms with Gasteiger partial charge in [0.05, 0.1) is 29.1 Å². The molecule has 0 saturated heterocycles. The van der Waals surface area contributed by atoms with Crippen molar-refractivity contribution in [1.29, 1.82) is 0 Å². The number of hydrogen-bond acceptors (Lipinski definition) is 7. The van der Waals surface area contributed by atoms with Gasteiger partial charge in [-0.05, 0) is 72.0 Å². The van der Waals surface area contributed by atoms with Crippen LogP contribution in [-0.4, -0.2) is 51.2 Å². The normalized spacial score (nSPS) is 10.9. The minimum atomic E-state index is -0.531. The molecule has 0 aliphatic heterocycles. The molecule has 2 aromatic carbocycles. The van der Waals surface area contributed by atoms with E-state index in [1.165, 1.54) is 18.2 Å². The topological polar surface area (TPSA) is 100 Å². The zero-order valence-electron chi connectivity index (χ0n) is 20.7. The summed E-state index contributed by atoms with van der Waals surface area (Å²) in [4.78, 5) is 22.9. The fourth-order valence-corrected chi connectivity index (χ4v) is 3.84. The molecule has 0 atom stereocenters. The summed E-state index contributed by atoms with van der Waals surface area (Å²) in [6, 6.07) is 9.59. The van der Waals surface area contributed by atoms with Gasteiger partial charge in [-0.2, -0.15) is 10.1 Å². The predicted molar refractivity (Wildman–Crippen MR) is 153 cm³/mol. The van der Waals surface area contributed by atoms with Gasteiger partial charge in [0, 0.05) is 34.7 Å². The Hall–Kier alpha value is -3.80. The van der Waals surface area contributed by atoms with Crippen LogP contribution < -0.4 is 16.0 Å². The Balaban J connectivity index is 1.68. The van der Waals surface area contributed by atoms with Crippen LogP contribution >= 0.6 is 27.5 Å². The molecule has 2 aromatic heterocycles. The van der Waals surface area contributed by atoms with E-state index in [-0.39, 0.29) is 11.6 Å². The molecule has 4 aromatic rings. The van der Waals surface area contributed by atoms with Crippen LogP contribution in [0.1, 0.15) is 0 Å². The summed E-state index contributed by atoms with van der Waals surface area (Å²) in [6.45, 7) is 5.01. The summed E-state index contributed by atoms with van der Waals surface area (Å²) in [5.41, 5.74) is 2.52. The molecule has 0 spiro atoms. The average Bonchev–Trinajstić information content (AvgIpc) is 3.34. The van der Waals surface area contributed by atoms with Crippen LogP contribution in [0, 0.1) is 5.82 Å². The smallest absolute Gasteiger partial charge is 0.247 e. The SMILES string of the molecule is C=CC(=O)Nc1ccc(F)c(Nc2nc(Nc3cnn(CCN(C)C)c3)ncc2-c2ccc(Br)c(Cl)c2)c1. The molecule has 1 amide bonds. The van der Waals surface area contributed by atoms with Gasteiger partial charge in [-0.3, -0.25) is 9.48 Å². The van der Waals surface area contributed by atoms with Gasteiger partial charge in [0.1, 0.15) is 11.6 Å². The second-order valence-electron chi connectivity index (χ2n) is 8.52. The number of hydrogen-bond donors (Lipinski definition) is 3. The number of halogens is 3. The molecule has 0 radical (unpaired) electrons. The molecule has 0 bridgehead atoms. The second-order valence-corrected chi connectivity index (χ2v) is 9.78. The number of benzene rings is 2. The first-order chi connectivity index (χ1) is 18.2. The highest BCUT2D eigenvalue weighted by atomic mass is 79.9. The average molecular weight is 600 g/mol. The summed E-state index contributed by atoms with van der Waals surface area (Å²) in [6.07, 6.45) is 6.29. The lowest BCUT2D eigenvalue weighted by atomic mass is 10.1. The van der Waals surface area contributed by atoms with Gasteiger partial charge in [-0.15, -0.1) is 0 Å². The molecule has 12 heteroatoms. The van der Waals surface area contributed by atoms with Crippen LogP contribution in [0.4, 0.5) is 33.2 Å². The molecule has 2 heterocycles. The van der Waals surface area contributed by atoms with Gasteiger partial charge in [0.25, 0.3) is 0 Å². The Morgan fingerprint density at radius 2 is 2.00 bits per heavy atom. The third-order valence-corrected chi connectivity index (χ3v) is 6.59. The zero-order chi connectivity index (χ0) is 27.2. The first kappa shape index (κ1) is 27.2. The van der Waals surface area contributed by atoms with Crippen LogP contribution in [-0.2, 0) is 11.3 Å². The maximum absolute atomic E-state index is 14.8. The largest absolute Gasteiger partial charge is 0.337 e. The van der Waals surface area contributed by atoms with Gasteiger partial charge in [0.2, 0.25) is 11.9 Å². The van der Waals surface area contributed by atoms with E-state index in [4.69, 9.17) is 11.6 Å². The number of nitrogens with zero attached hydrogens (tertiary/aromatic N) is 5. The van der Waals surface area contributed by atoms with E-state index in [1.807, 2.05) is 37.1 Å². The molecular formula is C26H25BrClFN8O. The van der Waals surface area contributed by atoms with Crippen LogP contribution in [0.2, 0.25) is 5.02 Å². The molecule has 0 unspecified atom stereocenters. The summed E-state index contributed by atoms with van der Waals surface area (Å²) < 4.78 is 17.4. The van der Waals surface area contributed by atoms with Gasteiger partial charge in [-0.25, -0.2) is 9.37 Å². The number of anilines is 5. The number of rotatable bonds is 10. The first-order valence-corrected chi connectivity index (χ1v) is 12.7. The van der Waals surface area contributed by atoms with Crippen molar-refractivity contribution in [2.24, 2.45) is 0 Å². The van der Waals surface area contributed by atoms with Crippen LogP contribution in [0.3, 0.4) is 0 Å². The molecule has 0 aliphatic rings. The molecule has 196 valence electrons. The Bertz CT molecular complexity index is 1480. The van der Waals surface area contributed by atoms with E-state index in [0.717, 1.165) is 29.2 Å². The molecule has 4 rings (SSSR count). The molecule has 3 N–H and O–H groups in total. The molecule has 9 nitrogen and oxygen atoms in total. The van der Waals surface area contributed by atoms with Gasteiger partial charge < -0.3 is 20.9 Å². The lowest BCUT2D eigenvalue weighted by molar-refractivity contribution is -0.111. The standard InChI is InChI=1S/C26H25BrClFN8O/c1-4-24(38)32-17-6-8-22(29)23(12-17)34-25-19(16-5-7-20(27)21(28)11-16)14-30-26(35-25)33-18-13-31-37(15-18)10-9-36(2)3/h4-8,11-15H,1,9-10H2,2-3H3,(H,32,38)(H2,30,33,34,35). The fraction of sp³-hybridized carbons (Fsp3) is 0.154. The fourth-order valence-electron chi connectivity index (χ4n) is 3.41. The highest BCUT2D eigenvalue weighted by Gasteiger charge is 2.15. The van der Waals surface area contributed by atoms with Crippen LogP contribution in [0.5, 0.6) is 0 Å². The Labute approximate surface area is 232 Å². The molecule has 0 fully saturated rings. The number of carbonyl (C=O) groups is 1. The number of amides is 1. The van der Waals surface area contributed by atoms with Gasteiger partial charge >= 0.3 is 0 Å². The summed E-state index contributed by atoms with van der Waals surface area (Å²) in [7, 11) is 3.99. The van der Waals surface area contributed by atoms with Crippen LogP contribution in [0.25, 0.3) is 11.1 Å². The van der Waals surface area contributed by atoms with Crippen LogP contribution in [0.15, 0.2) is 72.1 Å². The maximum atomic E-state index is 14.8. The van der Waals surface area contributed by atoms with Gasteiger partial charge in [-0.1, -0.05) is 24.2 Å². The Kier molecular flexibility index (Phi) is 8.72. The van der Waals surface area contributed by atoms with Crippen molar-refractivity contribution in [2.75, 3.05) is 36.6 Å². The third kappa shape index (κ3) is 6.94. The van der Waals surface area contributed by atoms with Gasteiger partial charge in [0.15, 0.2) is 0 Å². The summed E-state index contributed by atoms with van der Waals surface area (Å²) >= 11 is 9.73. The minimum Gasteiger partial charge on any atom is -0.337 e. The minimum absolute atomic E-state index is 0.109. The second kappa shape index (κ2) is 12.2. The Morgan fingerprint density at radius 1 is 1.18 bits per heavy atom. The van der Waals surface area contributed by atoms with Crippen molar-refractivity contribution in [1.82, 2.24) is 24.6 Å². The summed E-state index contributed by atoms with van der Waals surface area (Å²) in [5.74, 6) is -0.334. The maximum Gasteiger partial charge on any atom is 0.247 e. The predicted octanol–water partition coefficient (Wildman–Crippen LogP) is 6.07. The lowest BCUT2D eigenvalue weighted by Gasteiger charge is -2.15. The van der Waals surface area contributed by atoms with Crippen molar-refractivity contribution in [3.8, 4) is 11.1 Å². The van der Waals surface area contributed by atoms with E-state index < -0.39 is 11.7 Å². The number of aromatic nitrogens is 4. The first-order valence-electron chi connectivity index (χ1n) is 11.5. The van der Waals surface area contributed by atoms with Crippen molar-refractivity contribution in [2.45, 2.75) is 6.54 Å². The van der Waals surface area contributed by atoms with Crippen molar-refractivity contribution < 1.29 is 9.18 Å². The van der Waals surface area contributed by atoms with E-state index in [1.54, 1.807) is 18.5 Å².